The molecule has 2 aliphatic heterocycles. The maximum atomic E-state index is 14.4. The number of amides is 1. The van der Waals surface area contributed by atoms with Gasteiger partial charge < -0.3 is 26.4 Å². The lowest BCUT2D eigenvalue weighted by molar-refractivity contribution is -0.140. The van der Waals surface area contributed by atoms with Gasteiger partial charge in [0, 0.05) is 35.6 Å². The summed E-state index contributed by atoms with van der Waals surface area (Å²) in [4.78, 5) is 37.2. The second-order valence-corrected chi connectivity index (χ2v) is 11.6. The van der Waals surface area contributed by atoms with Crippen LogP contribution in [0.2, 0.25) is 0 Å². The summed E-state index contributed by atoms with van der Waals surface area (Å²) < 4.78 is 43.2. The minimum Gasteiger partial charge on any atom is -0.511 e. The van der Waals surface area contributed by atoms with Gasteiger partial charge in [0.1, 0.15) is 22.2 Å². The van der Waals surface area contributed by atoms with Crippen LogP contribution in [0.25, 0.3) is 0 Å². The Balaban J connectivity index is 1.42. The number of hydrogen-bond donors (Lipinski definition) is 3. The van der Waals surface area contributed by atoms with E-state index >= 15 is 0 Å². The molecule has 3 heterocycles. The van der Waals surface area contributed by atoms with Gasteiger partial charge in [-0.1, -0.05) is 42.1 Å². The quantitative estimate of drug-likeness (QED) is 0.212. The smallest absolute Gasteiger partial charge is 0.417 e. The number of alkyl halides is 3. The van der Waals surface area contributed by atoms with Crippen molar-refractivity contribution in [3.8, 4) is 0 Å². The fourth-order valence-electron chi connectivity index (χ4n) is 5.01. The van der Waals surface area contributed by atoms with Gasteiger partial charge in [-0.2, -0.15) is 13.2 Å². The molecule has 0 atom stereocenters. The van der Waals surface area contributed by atoms with Gasteiger partial charge in [-0.3, -0.25) is 9.59 Å². The summed E-state index contributed by atoms with van der Waals surface area (Å²) in [5, 5.41) is 10.9. The van der Waals surface area contributed by atoms with Crippen molar-refractivity contribution in [3.63, 3.8) is 0 Å². The predicted octanol–water partition coefficient (Wildman–Crippen LogP) is 4.52. The molecule has 42 heavy (non-hydrogen) atoms. The molecule has 0 unspecified atom stereocenters. The molecule has 0 spiro atoms. The Morgan fingerprint density at radius 1 is 1.10 bits per heavy atom. The SMILES string of the molecule is CC1(N)CCN(c2cnc(Sc3cccc(CC(O)=C4C(=O)CN(c5ccccc5)C4=O)c3C(F)(F)F)c(N)n2)CC1. The van der Waals surface area contributed by atoms with Crippen molar-refractivity contribution in [1.82, 2.24) is 9.97 Å². The van der Waals surface area contributed by atoms with Crippen molar-refractivity contribution in [2.24, 2.45) is 5.73 Å². The number of nitrogens with two attached hydrogens (primary N) is 2. The number of nitrogens with zero attached hydrogens (tertiary/aromatic N) is 4. The Morgan fingerprint density at radius 2 is 1.79 bits per heavy atom. The Kier molecular flexibility index (Phi) is 7.90. The monoisotopic (exact) mass is 598 g/mol. The fraction of sp³-hybridized carbons (Fsp3) is 0.310. The summed E-state index contributed by atoms with van der Waals surface area (Å²) in [6.07, 6.45) is -2.53. The second-order valence-electron chi connectivity index (χ2n) is 10.6. The highest BCUT2D eigenvalue weighted by molar-refractivity contribution is 7.99. The number of ketones is 1. The average Bonchev–Trinajstić information content (AvgIpc) is 3.23. The first-order valence-electron chi connectivity index (χ1n) is 13.2. The van der Waals surface area contributed by atoms with Crippen LogP contribution in [0.15, 0.2) is 76.0 Å². The highest BCUT2D eigenvalue weighted by Crippen LogP contribution is 2.43. The summed E-state index contributed by atoms with van der Waals surface area (Å²) in [7, 11) is 0. The topological polar surface area (TPSA) is 139 Å². The summed E-state index contributed by atoms with van der Waals surface area (Å²) in [5.74, 6) is -1.67. The lowest BCUT2D eigenvalue weighted by atomic mass is 9.91. The van der Waals surface area contributed by atoms with E-state index in [0.29, 0.717) is 36.4 Å². The van der Waals surface area contributed by atoms with Gasteiger partial charge >= 0.3 is 6.18 Å². The van der Waals surface area contributed by atoms with Crippen molar-refractivity contribution >= 4 is 40.8 Å². The third-order valence-electron chi connectivity index (χ3n) is 7.34. The van der Waals surface area contributed by atoms with Gasteiger partial charge in [-0.05, 0) is 43.5 Å². The molecule has 5 N–H and O–H groups in total. The number of rotatable bonds is 6. The number of Topliss-reactive ketones (excluding diaryl/α,β-unsaturated/α-hetero) is 1. The predicted molar refractivity (Wildman–Crippen MR) is 153 cm³/mol. The van der Waals surface area contributed by atoms with Crippen LogP contribution in [-0.4, -0.2) is 51.9 Å². The molecule has 220 valence electrons. The van der Waals surface area contributed by atoms with Gasteiger partial charge in [0.15, 0.2) is 11.6 Å². The number of nitrogen functional groups attached to an aromatic ring is 1. The molecule has 1 amide bonds. The number of piperidine rings is 1. The number of para-hydroxylation sites is 1. The van der Waals surface area contributed by atoms with E-state index in [2.05, 4.69) is 9.97 Å². The molecule has 3 aromatic rings. The van der Waals surface area contributed by atoms with Crippen LogP contribution in [0, 0.1) is 0 Å². The van der Waals surface area contributed by atoms with Crippen LogP contribution in [0.3, 0.4) is 0 Å². The molecule has 9 nitrogen and oxygen atoms in total. The van der Waals surface area contributed by atoms with Crippen molar-refractivity contribution in [1.29, 1.82) is 0 Å². The number of carbonyl (C=O) groups is 2. The first-order chi connectivity index (χ1) is 19.8. The first-order valence-corrected chi connectivity index (χ1v) is 14.0. The van der Waals surface area contributed by atoms with E-state index in [-0.39, 0.29) is 33.4 Å². The molecule has 2 fully saturated rings. The van der Waals surface area contributed by atoms with E-state index in [9.17, 15) is 27.9 Å². The van der Waals surface area contributed by atoms with Crippen LogP contribution in [0.5, 0.6) is 0 Å². The van der Waals surface area contributed by atoms with Gasteiger partial charge in [-0.25, -0.2) is 9.97 Å². The zero-order chi connectivity index (χ0) is 30.2. The molecule has 0 radical (unpaired) electrons. The van der Waals surface area contributed by atoms with E-state index in [4.69, 9.17) is 11.5 Å². The average molecular weight is 599 g/mol. The zero-order valence-corrected chi connectivity index (χ0v) is 23.5. The Bertz CT molecular complexity index is 1550. The van der Waals surface area contributed by atoms with Gasteiger partial charge in [-0.15, -0.1) is 0 Å². The molecule has 0 bridgehead atoms. The van der Waals surface area contributed by atoms with E-state index in [0.717, 1.165) is 12.8 Å². The Morgan fingerprint density at radius 3 is 2.43 bits per heavy atom. The number of carbonyl (C=O) groups excluding carboxylic acids is 2. The van der Waals surface area contributed by atoms with Gasteiger partial charge in [0.25, 0.3) is 5.91 Å². The van der Waals surface area contributed by atoms with Crippen LogP contribution >= 0.6 is 11.8 Å². The summed E-state index contributed by atoms with van der Waals surface area (Å²) in [6, 6.07) is 12.2. The number of anilines is 3. The summed E-state index contributed by atoms with van der Waals surface area (Å²) in [5.41, 5.74) is 10.6. The van der Waals surface area contributed by atoms with Crippen molar-refractivity contribution in [2.75, 3.05) is 35.2 Å². The standard InChI is InChI=1S/C29H29F3N6O3S/c1-28(34)10-12-37(13-11-28)22-15-35-26(25(33)36-22)42-21-9-5-6-17(24(21)29(30,31)32)14-19(39)23-20(40)16-38(27(23)41)18-7-3-2-4-8-18/h2-9,15,39H,10-14,16,34H2,1H3,(H2,33,36). The van der Waals surface area contributed by atoms with Crippen molar-refractivity contribution < 1.29 is 27.9 Å². The normalized spacial score (nSPS) is 18.5. The number of halogens is 3. The number of benzene rings is 2. The summed E-state index contributed by atoms with van der Waals surface area (Å²) in [6.45, 7) is 2.97. The number of aliphatic hydroxyl groups excluding tert-OH is 1. The fourth-order valence-corrected chi connectivity index (χ4v) is 5.97. The highest BCUT2D eigenvalue weighted by Gasteiger charge is 2.40. The maximum absolute atomic E-state index is 14.4. The van der Waals surface area contributed by atoms with Gasteiger partial charge in [0.05, 0.1) is 18.3 Å². The van der Waals surface area contributed by atoms with Gasteiger partial charge in [0.2, 0.25) is 0 Å². The molecule has 2 aliphatic rings. The third-order valence-corrected chi connectivity index (χ3v) is 8.41. The Labute approximate surface area is 244 Å². The molecule has 0 saturated carbocycles. The molecule has 0 aliphatic carbocycles. The summed E-state index contributed by atoms with van der Waals surface area (Å²) >= 11 is 0.698. The number of allylic oxidation sites excluding steroid dienone is 1. The molecule has 2 aromatic carbocycles. The maximum Gasteiger partial charge on any atom is 0.417 e. The zero-order valence-electron chi connectivity index (χ0n) is 22.7. The minimum atomic E-state index is -4.82. The number of aromatic nitrogens is 2. The molecule has 13 heteroatoms. The lowest BCUT2D eigenvalue weighted by Crippen LogP contribution is -2.48. The molecular formula is C29H29F3N6O3S. The highest BCUT2D eigenvalue weighted by atomic mass is 32.2. The number of aliphatic hydroxyl groups is 1. The van der Waals surface area contributed by atoms with Crippen LogP contribution in [0.1, 0.15) is 30.9 Å². The van der Waals surface area contributed by atoms with Crippen molar-refractivity contribution in [2.45, 2.75) is 47.8 Å². The first kappa shape index (κ1) is 29.4. The largest absolute Gasteiger partial charge is 0.511 e. The van der Waals surface area contributed by atoms with Crippen molar-refractivity contribution in [3.05, 3.63) is 77.2 Å². The third kappa shape index (κ3) is 6.07. The molecule has 1 aromatic heterocycles. The molecular weight excluding hydrogens is 569 g/mol. The van der Waals surface area contributed by atoms with E-state index in [1.54, 1.807) is 30.3 Å². The number of hydrogen-bond acceptors (Lipinski definition) is 9. The Hall–Kier alpha value is -4.10. The minimum absolute atomic E-state index is 0.0229. The molecule has 5 rings (SSSR count). The van der Waals surface area contributed by atoms with E-state index in [1.807, 2.05) is 11.8 Å². The lowest BCUT2D eigenvalue weighted by Gasteiger charge is -2.37. The van der Waals surface area contributed by atoms with E-state index < -0.39 is 41.2 Å². The van der Waals surface area contributed by atoms with Crippen LogP contribution in [0.4, 0.5) is 30.5 Å². The van der Waals surface area contributed by atoms with Crippen LogP contribution in [-0.2, 0) is 22.2 Å². The molecule has 2 saturated heterocycles. The second kappa shape index (κ2) is 11.3. The van der Waals surface area contributed by atoms with Crippen LogP contribution < -0.4 is 21.3 Å². The van der Waals surface area contributed by atoms with E-state index in [1.165, 1.54) is 29.3 Å².